The van der Waals surface area contributed by atoms with E-state index < -0.39 is 22.8 Å². The highest BCUT2D eigenvalue weighted by Gasteiger charge is 2.21. The molecule has 4 rings (SSSR count). The number of halogens is 3. The van der Waals surface area contributed by atoms with Crippen molar-refractivity contribution < 1.29 is 46.8 Å². The van der Waals surface area contributed by atoms with E-state index in [1.807, 2.05) is 0 Å². The van der Waals surface area contributed by atoms with Gasteiger partial charge in [0.15, 0.2) is 40.4 Å². The molecule has 0 saturated heterocycles. The lowest BCUT2D eigenvalue weighted by Gasteiger charge is -2.08. The van der Waals surface area contributed by atoms with Gasteiger partial charge in [-0.1, -0.05) is 0 Å². The van der Waals surface area contributed by atoms with Crippen LogP contribution in [0.25, 0.3) is 20.2 Å². The van der Waals surface area contributed by atoms with E-state index in [9.17, 15) is 23.2 Å². The fourth-order valence-electron chi connectivity index (χ4n) is 3.69. The first-order valence-electron chi connectivity index (χ1n) is 11.7. The molecule has 2 aromatic carbocycles. The predicted octanol–water partition coefficient (Wildman–Crippen LogP) is 7.02. The van der Waals surface area contributed by atoms with Crippen molar-refractivity contribution in [2.45, 2.75) is 19.8 Å². The van der Waals surface area contributed by atoms with Crippen LogP contribution in [0.3, 0.4) is 0 Å². The lowest BCUT2D eigenvalue weighted by Crippen LogP contribution is -2.07. The second kappa shape index (κ2) is 13.7. The Kier molecular flexibility index (Phi) is 10.7. The molecule has 0 N–H and O–H groups in total. The number of rotatable bonds is 10. The second-order valence-electron chi connectivity index (χ2n) is 7.90. The van der Waals surface area contributed by atoms with Crippen LogP contribution in [0.15, 0.2) is 24.3 Å². The number of thiophene rings is 2. The van der Waals surface area contributed by atoms with Crippen molar-refractivity contribution in [3.63, 3.8) is 0 Å². The molecule has 40 heavy (non-hydrogen) atoms. The molecule has 0 bridgehead atoms. The third-order valence-corrected chi connectivity index (χ3v) is 8.06. The Morgan fingerprint density at radius 3 is 1.65 bits per heavy atom. The largest absolute Gasteiger partial charge is 0.493 e. The van der Waals surface area contributed by atoms with Crippen molar-refractivity contribution in [3.05, 3.63) is 45.7 Å². The van der Waals surface area contributed by atoms with E-state index in [-0.39, 0.29) is 53.1 Å². The fraction of sp³-hybridized carbons (Fsp3) is 0.296. The van der Waals surface area contributed by atoms with Crippen molar-refractivity contribution in [3.8, 4) is 23.0 Å². The standard InChI is InChI=1S/C16H17FO5S.C11H8ClFO3S/c1-4-22-14(19)6-5-10(18)13-7-9-12(23-13)8-11(20-2)16(21-3)15(9)17;1-15-6-4-7-5(9(13)10(6)16-2)3-8(17-7)11(12)14/h7-8H,4-6H2,1-3H3;3-4H,1-2H3. The number of fused-ring (bicyclic) bond motifs is 2. The maximum absolute atomic E-state index is 14.4. The van der Waals surface area contributed by atoms with Crippen molar-refractivity contribution in [1.82, 2.24) is 0 Å². The molecule has 13 heteroatoms. The van der Waals surface area contributed by atoms with Gasteiger partial charge in [0.05, 0.1) is 51.2 Å². The van der Waals surface area contributed by atoms with Crippen LogP contribution in [0.1, 0.15) is 39.1 Å². The van der Waals surface area contributed by atoms with Gasteiger partial charge in [-0.2, -0.15) is 0 Å². The van der Waals surface area contributed by atoms with E-state index in [0.717, 1.165) is 22.7 Å². The Bertz CT molecular complexity index is 1560. The third kappa shape index (κ3) is 6.62. The van der Waals surface area contributed by atoms with E-state index in [0.29, 0.717) is 25.0 Å². The molecule has 0 fully saturated rings. The Balaban J connectivity index is 0.000000230. The topological polar surface area (TPSA) is 97.4 Å². The van der Waals surface area contributed by atoms with E-state index in [1.54, 1.807) is 19.1 Å². The van der Waals surface area contributed by atoms with Crippen LogP contribution in [0.5, 0.6) is 23.0 Å². The molecule has 0 saturated carbocycles. The molecule has 0 unspecified atom stereocenters. The smallest absolute Gasteiger partial charge is 0.306 e. The Labute approximate surface area is 241 Å². The summed E-state index contributed by atoms with van der Waals surface area (Å²) in [5.41, 5.74) is 0. The highest BCUT2D eigenvalue weighted by atomic mass is 35.5. The highest BCUT2D eigenvalue weighted by molar-refractivity contribution is 7.22. The molecule has 0 radical (unpaired) electrons. The molecule has 0 spiro atoms. The summed E-state index contributed by atoms with van der Waals surface area (Å²) in [6, 6.07) is 6.13. The zero-order valence-corrected chi connectivity index (χ0v) is 24.5. The number of carbonyl (C=O) groups excluding carboxylic acids is 3. The minimum absolute atomic E-state index is 0.00308. The maximum atomic E-state index is 14.4. The summed E-state index contributed by atoms with van der Waals surface area (Å²) in [6.07, 6.45) is 0.0393. The quantitative estimate of drug-likeness (QED) is 0.107. The first kappa shape index (κ1) is 31.1. The number of ether oxygens (including phenoxy) is 5. The van der Waals surface area contributed by atoms with Gasteiger partial charge >= 0.3 is 5.97 Å². The molecule has 0 aliphatic carbocycles. The molecule has 0 aliphatic heterocycles. The third-order valence-electron chi connectivity index (χ3n) is 5.54. The van der Waals surface area contributed by atoms with Crippen LogP contribution in [-0.2, 0) is 9.53 Å². The molecule has 0 aliphatic rings. The van der Waals surface area contributed by atoms with Gasteiger partial charge in [-0.05, 0) is 30.7 Å². The molecule has 2 heterocycles. The number of Topliss-reactive ketones (excluding diaryl/α,β-unsaturated/α-hetero) is 1. The number of hydrogen-bond acceptors (Lipinski definition) is 10. The zero-order valence-electron chi connectivity index (χ0n) is 22.1. The molecule has 0 amide bonds. The normalized spacial score (nSPS) is 10.6. The van der Waals surface area contributed by atoms with Gasteiger partial charge in [0.25, 0.3) is 5.24 Å². The van der Waals surface area contributed by atoms with E-state index in [4.69, 9.17) is 35.3 Å². The molecule has 214 valence electrons. The van der Waals surface area contributed by atoms with Crippen molar-refractivity contribution in [2.24, 2.45) is 0 Å². The first-order valence-corrected chi connectivity index (χ1v) is 13.7. The number of hydrogen-bond donors (Lipinski definition) is 0. The van der Waals surface area contributed by atoms with Gasteiger partial charge in [-0.15, -0.1) is 22.7 Å². The van der Waals surface area contributed by atoms with Gasteiger partial charge in [-0.25, -0.2) is 8.78 Å². The summed E-state index contributed by atoms with van der Waals surface area (Å²) >= 11 is 7.63. The summed E-state index contributed by atoms with van der Waals surface area (Å²) in [5, 5.41) is -0.00711. The first-order chi connectivity index (χ1) is 19.1. The Morgan fingerprint density at radius 1 is 0.750 bits per heavy atom. The summed E-state index contributed by atoms with van der Waals surface area (Å²) in [4.78, 5) is 35.2. The summed E-state index contributed by atoms with van der Waals surface area (Å²) in [7, 11) is 5.55. The molecular formula is C27H25ClF2O8S2. The lowest BCUT2D eigenvalue weighted by molar-refractivity contribution is -0.143. The number of methoxy groups -OCH3 is 4. The van der Waals surface area contributed by atoms with Crippen LogP contribution in [0.2, 0.25) is 0 Å². The lowest BCUT2D eigenvalue weighted by atomic mass is 10.1. The van der Waals surface area contributed by atoms with Crippen LogP contribution in [0, 0.1) is 11.6 Å². The molecule has 2 aromatic heterocycles. The number of carbonyl (C=O) groups is 3. The summed E-state index contributed by atoms with van der Waals surface area (Å²) in [6.45, 7) is 1.98. The van der Waals surface area contributed by atoms with Crippen LogP contribution < -0.4 is 18.9 Å². The van der Waals surface area contributed by atoms with E-state index in [2.05, 4.69) is 0 Å². The van der Waals surface area contributed by atoms with E-state index in [1.165, 1.54) is 40.6 Å². The highest BCUT2D eigenvalue weighted by Crippen LogP contribution is 2.41. The monoisotopic (exact) mass is 614 g/mol. The number of esters is 1. The van der Waals surface area contributed by atoms with Gasteiger partial charge < -0.3 is 23.7 Å². The maximum Gasteiger partial charge on any atom is 0.306 e. The Hall–Kier alpha value is -3.48. The summed E-state index contributed by atoms with van der Waals surface area (Å²) < 4.78 is 54.5. The van der Waals surface area contributed by atoms with E-state index >= 15 is 0 Å². The predicted molar refractivity (Wildman–Crippen MR) is 150 cm³/mol. The minimum Gasteiger partial charge on any atom is -0.493 e. The molecule has 4 aromatic rings. The molecular weight excluding hydrogens is 590 g/mol. The van der Waals surface area contributed by atoms with Crippen molar-refractivity contribution in [1.29, 1.82) is 0 Å². The second-order valence-corrected chi connectivity index (χ2v) is 10.4. The summed E-state index contributed by atoms with van der Waals surface area (Å²) in [5.74, 6) is -1.19. The number of ketones is 1. The van der Waals surface area contributed by atoms with Crippen LogP contribution in [0.4, 0.5) is 8.78 Å². The number of benzene rings is 2. The van der Waals surface area contributed by atoms with Gasteiger partial charge in [0.1, 0.15) is 0 Å². The minimum atomic E-state index is -0.608. The molecule has 8 nitrogen and oxygen atoms in total. The van der Waals surface area contributed by atoms with Gasteiger partial charge in [0, 0.05) is 38.7 Å². The van der Waals surface area contributed by atoms with Crippen LogP contribution >= 0.6 is 34.3 Å². The van der Waals surface area contributed by atoms with Crippen LogP contribution in [-0.4, -0.2) is 52.0 Å². The van der Waals surface area contributed by atoms with Gasteiger partial charge in [-0.3, -0.25) is 14.4 Å². The SMILES string of the molecule is CCOC(=O)CCC(=O)c1cc2c(F)c(OC)c(OC)cc2s1.COc1cc2sc(C(=O)Cl)cc2c(F)c1OC. The van der Waals surface area contributed by atoms with Crippen molar-refractivity contribution >= 4 is 71.4 Å². The Morgan fingerprint density at radius 2 is 1.23 bits per heavy atom. The average Bonchev–Trinajstić information content (AvgIpc) is 3.57. The fourth-order valence-corrected chi connectivity index (χ4v) is 5.83. The zero-order chi connectivity index (χ0) is 29.6. The van der Waals surface area contributed by atoms with Gasteiger partial charge in [0.2, 0.25) is 0 Å². The average molecular weight is 615 g/mol. The molecule has 0 atom stereocenters. The van der Waals surface area contributed by atoms with Crippen molar-refractivity contribution in [2.75, 3.05) is 35.0 Å².